The van der Waals surface area contributed by atoms with Gasteiger partial charge in [-0.05, 0) is 13.0 Å². The first-order chi connectivity index (χ1) is 8.15. The minimum absolute atomic E-state index is 0.354. The van der Waals surface area contributed by atoms with Crippen LogP contribution in [0.4, 0.5) is 0 Å². The van der Waals surface area contributed by atoms with Crippen molar-refractivity contribution >= 4 is 17.6 Å². The lowest BCUT2D eigenvalue weighted by atomic mass is 10.0. The number of nitrogens with zero attached hydrogens (tertiary/aromatic N) is 1. The number of benzene rings is 1. The molecule has 5 heteroatoms. The van der Waals surface area contributed by atoms with Crippen LogP contribution >= 0.6 is 11.6 Å². The topological polar surface area (TPSA) is 55.0 Å². The number of carbonyl (C=O) groups is 1. The van der Waals surface area contributed by atoms with Crippen LogP contribution in [0.15, 0.2) is 24.4 Å². The van der Waals surface area contributed by atoms with Crippen LogP contribution in [-0.4, -0.2) is 23.3 Å². The molecule has 0 bridgehead atoms. The van der Waals surface area contributed by atoms with Crippen molar-refractivity contribution in [2.75, 3.05) is 7.11 Å². The molecular weight excluding hydrogens is 240 g/mol. The zero-order valence-corrected chi connectivity index (χ0v) is 10.2. The Labute approximate surface area is 104 Å². The van der Waals surface area contributed by atoms with E-state index in [-0.39, 0.29) is 0 Å². The Morgan fingerprint density at radius 3 is 2.76 bits per heavy atom. The SMILES string of the molecule is COC(=O)c1cccc(-c2cn[nH]c2C)c1Cl. The van der Waals surface area contributed by atoms with E-state index in [9.17, 15) is 4.79 Å². The van der Waals surface area contributed by atoms with Crippen molar-refractivity contribution in [2.24, 2.45) is 0 Å². The minimum Gasteiger partial charge on any atom is -0.465 e. The summed E-state index contributed by atoms with van der Waals surface area (Å²) in [6.45, 7) is 1.89. The Balaban J connectivity index is 2.57. The molecule has 0 saturated carbocycles. The van der Waals surface area contributed by atoms with Crippen LogP contribution in [0.5, 0.6) is 0 Å². The quantitative estimate of drug-likeness (QED) is 0.834. The van der Waals surface area contributed by atoms with Crippen LogP contribution < -0.4 is 0 Å². The van der Waals surface area contributed by atoms with Gasteiger partial charge in [-0.15, -0.1) is 0 Å². The number of methoxy groups -OCH3 is 1. The van der Waals surface area contributed by atoms with Crippen molar-refractivity contribution in [3.63, 3.8) is 0 Å². The van der Waals surface area contributed by atoms with Crippen molar-refractivity contribution in [1.29, 1.82) is 0 Å². The maximum Gasteiger partial charge on any atom is 0.339 e. The summed E-state index contributed by atoms with van der Waals surface area (Å²) in [6.07, 6.45) is 1.68. The van der Waals surface area contributed by atoms with Crippen molar-refractivity contribution in [3.05, 3.63) is 40.7 Å². The number of ether oxygens (including phenoxy) is 1. The van der Waals surface area contributed by atoms with E-state index in [0.29, 0.717) is 10.6 Å². The van der Waals surface area contributed by atoms with Gasteiger partial charge in [0, 0.05) is 16.8 Å². The van der Waals surface area contributed by atoms with E-state index in [1.807, 2.05) is 13.0 Å². The molecule has 1 aromatic carbocycles. The second kappa shape index (κ2) is 4.59. The highest BCUT2D eigenvalue weighted by molar-refractivity contribution is 6.36. The highest BCUT2D eigenvalue weighted by atomic mass is 35.5. The van der Waals surface area contributed by atoms with Gasteiger partial charge < -0.3 is 4.74 Å². The van der Waals surface area contributed by atoms with Crippen molar-refractivity contribution in [3.8, 4) is 11.1 Å². The summed E-state index contributed by atoms with van der Waals surface area (Å²) in [7, 11) is 1.33. The van der Waals surface area contributed by atoms with Crippen LogP contribution in [0.25, 0.3) is 11.1 Å². The summed E-state index contributed by atoms with van der Waals surface area (Å²) >= 11 is 6.20. The number of esters is 1. The van der Waals surface area contributed by atoms with Gasteiger partial charge in [-0.1, -0.05) is 23.7 Å². The smallest absolute Gasteiger partial charge is 0.339 e. The van der Waals surface area contributed by atoms with Gasteiger partial charge in [0.2, 0.25) is 0 Å². The van der Waals surface area contributed by atoms with Crippen LogP contribution in [0.1, 0.15) is 16.1 Å². The molecule has 0 saturated heterocycles. The summed E-state index contributed by atoms with van der Waals surface area (Å²) in [6, 6.07) is 5.24. The molecule has 1 N–H and O–H groups in total. The van der Waals surface area contributed by atoms with E-state index in [2.05, 4.69) is 14.9 Å². The lowest BCUT2D eigenvalue weighted by molar-refractivity contribution is 0.0601. The molecule has 2 aromatic rings. The first-order valence-electron chi connectivity index (χ1n) is 5.02. The van der Waals surface area contributed by atoms with Gasteiger partial charge in [-0.2, -0.15) is 5.10 Å². The van der Waals surface area contributed by atoms with Crippen molar-refractivity contribution in [2.45, 2.75) is 6.92 Å². The number of halogens is 1. The normalized spacial score (nSPS) is 10.3. The average molecular weight is 251 g/mol. The molecule has 17 heavy (non-hydrogen) atoms. The number of hydrogen-bond acceptors (Lipinski definition) is 3. The summed E-state index contributed by atoms with van der Waals surface area (Å²) in [5.74, 6) is -0.446. The maximum absolute atomic E-state index is 11.5. The Kier molecular flexibility index (Phi) is 3.15. The van der Waals surface area contributed by atoms with Gasteiger partial charge in [-0.25, -0.2) is 4.79 Å². The molecule has 0 atom stereocenters. The molecule has 0 amide bonds. The second-order valence-electron chi connectivity index (χ2n) is 3.57. The first-order valence-corrected chi connectivity index (χ1v) is 5.40. The molecule has 0 aliphatic rings. The van der Waals surface area contributed by atoms with E-state index < -0.39 is 5.97 Å². The third-order valence-electron chi connectivity index (χ3n) is 2.52. The molecule has 0 aliphatic heterocycles. The number of nitrogens with one attached hydrogen (secondary N) is 1. The summed E-state index contributed by atoms with van der Waals surface area (Å²) in [5, 5.41) is 7.14. The molecule has 1 heterocycles. The third kappa shape index (κ3) is 2.03. The molecule has 0 aliphatic carbocycles. The molecular formula is C12H11ClN2O2. The molecule has 4 nitrogen and oxygen atoms in total. The number of aromatic amines is 1. The van der Waals surface area contributed by atoms with Crippen LogP contribution in [-0.2, 0) is 4.74 Å². The Morgan fingerprint density at radius 2 is 2.18 bits per heavy atom. The van der Waals surface area contributed by atoms with Gasteiger partial charge in [0.05, 0.1) is 23.9 Å². The molecule has 0 radical (unpaired) electrons. The fourth-order valence-electron chi connectivity index (χ4n) is 1.63. The first kappa shape index (κ1) is 11.7. The standard InChI is InChI=1S/C12H11ClN2O2/c1-7-10(6-14-15-7)8-4-3-5-9(11(8)13)12(16)17-2/h3-6H,1-2H3,(H,14,15). The zero-order valence-electron chi connectivity index (χ0n) is 9.45. The van der Waals surface area contributed by atoms with E-state index >= 15 is 0 Å². The van der Waals surface area contributed by atoms with Crippen LogP contribution in [0, 0.1) is 6.92 Å². The predicted molar refractivity (Wildman–Crippen MR) is 65.1 cm³/mol. The van der Waals surface area contributed by atoms with E-state index in [1.165, 1.54) is 7.11 Å². The predicted octanol–water partition coefficient (Wildman–Crippen LogP) is 2.83. The zero-order chi connectivity index (χ0) is 12.4. The number of aryl methyl sites for hydroxylation is 1. The number of carbonyl (C=O) groups excluding carboxylic acids is 1. The minimum atomic E-state index is -0.446. The Bertz CT molecular complexity index is 563. The Hall–Kier alpha value is -1.81. The molecule has 0 unspecified atom stereocenters. The number of aromatic nitrogens is 2. The fourth-order valence-corrected chi connectivity index (χ4v) is 1.93. The maximum atomic E-state index is 11.5. The summed E-state index contributed by atoms with van der Waals surface area (Å²) in [4.78, 5) is 11.5. The van der Waals surface area contributed by atoms with E-state index in [4.69, 9.17) is 11.6 Å². The monoisotopic (exact) mass is 250 g/mol. The summed E-state index contributed by atoms with van der Waals surface area (Å²) < 4.78 is 4.67. The molecule has 88 valence electrons. The number of hydrogen-bond donors (Lipinski definition) is 1. The highest BCUT2D eigenvalue weighted by Gasteiger charge is 2.16. The number of H-pyrrole nitrogens is 1. The van der Waals surface area contributed by atoms with E-state index in [0.717, 1.165) is 16.8 Å². The lowest BCUT2D eigenvalue weighted by Crippen LogP contribution is -2.02. The summed E-state index contributed by atoms with van der Waals surface area (Å²) in [5.41, 5.74) is 2.89. The van der Waals surface area contributed by atoms with Crippen LogP contribution in [0.2, 0.25) is 5.02 Å². The lowest BCUT2D eigenvalue weighted by Gasteiger charge is -2.07. The molecule has 1 aromatic heterocycles. The van der Waals surface area contributed by atoms with Crippen molar-refractivity contribution < 1.29 is 9.53 Å². The Morgan fingerprint density at radius 1 is 1.41 bits per heavy atom. The number of rotatable bonds is 2. The van der Waals surface area contributed by atoms with Gasteiger partial charge in [-0.3, -0.25) is 5.10 Å². The third-order valence-corrected chi connectivity index (χ3v) is 2.93. The van der Waals surface area contributed by atoms with Crippen LogP contribution in [0.3, 0.4) is 0 Å². The second-order valence-corrected chi connectivity index (χ2v) is 3.95. The molecule has 2 rings (SSSR count). The van der Waals surface area contributed by atoms with Gasteiger partial charge in [0.15, 0.2) is 0 Å². The van der Waals surface area contributed by atoms with Gasteiger partial charge >= 0.3 is 5.97 Å². The van der Waals surface area contributed by atoms with E-state index in [1.54, 1.807) is 18.3 Å². The molecule has 0 fully saturated rings. The highest BCUT2D eigenvalue weighted by Crippen LogP contribution is 2.32. The van der Waals surface area contributed by atoms with Gasteiger partial charge in [0.25, 0.3) is 0 Å². The largest absolute Gasteiger partial charge is 0.465 e. The van der Waals surface area contributed by atoms with Gasteiger partial charge in [0.1, 0.15) is 0 Å². The fraction of sp³-hybridized carbons (Fsp3) is 0.167. The average Bonchev–Trinajstić information content (AvgIpc) is 2.75. The van der Waals surface area contributed by atoms with Crippen molar-refractivity contribution in [1.82, 2.24) is 10.2 Å². The molecule has 0 spiro atoms.